The molecule has 6 nitrogen and oxygen atoms in total. The van der Waals surface area contributed by atoms with E-state index in [-0.39, 0.29) is 5.69 Å². The van der Waals surface area contributed by atoms with Crippen molar-refractivity contribution in [3.05, 3.63) is 34.4 Å². The van der Waals surface area contributed by atoms with Crippen molar-refractivity contribution in [1.82, 2.24) is 4.90 Å². The van der Waals surface area contributed by atoms with E-state index in [1.165, 1.54) is 12.1 Å². The van der Waals surface area contributed by atoms with Gasteiger partial charge >= 0.3 is 0 Å². The number of ether oxygens (including phenoxy) is 2. The summed E-state index contributed by atoms with van der Waals surface area (Å²) in [5.41, 5.74) is 0.0860. The van der Waals surface area contributed by atoms with Crippen molar-refractivity contribution in [3.63, 3.8) is 0 Å². The molecule has 22 heavy (non-hydrogen) atoms. The zero-order chi connectivity index (χ0) is 15.9. The molecule has 1 aromatic carbocycles. The van der Waals surface area contributed by atoms with Gasteiger partial charge in [-0.15, -0.1) is 0 Å². The minimum Gasteiger partial charge on any atom is -0.494 e. The summed E-state index contributed by atoms with van der Waals surface area (Å²) < 4.78 is 11.3. The standard InChI is InChI=1S/C16H24N2O4/c1-13-11-17(12-14(2)22-13)9-3-4-10-21-16-7-5-15(6-8-16)18(19)20/h5-8,13-14H,3-4,9-12H2,1-2H3/t13-,14+. The molecule has 0 aromatic heterocycles. The lowest BCUT2D eigenvalue weighted by Crippen LogP contribution is -2.45. The molecule has 0 bridgehead atoms. The van der Waals surface area contributed by atoms with Gasteiger partial charge in [-0.05, 0) is 45.4 Å². The average Bonchev–Trinajstić information content (AvgIpc) is 2.46. The highest BCUT2D eigenvalue weighted by Gasteiger charge is 2.21. The van der Waals surface area contributed by atoms with Crippen LogP contribution in [0.3, 0.4) is 0 Å². The van der Waals surface area contributed by atoms with Crippen LogP contribution in [0.4, 0.5) is 5.69 Å². The zero-order valence-electron chi connectivity index (χ0n) is 13.2. The maximum Gasteiger partial charge on any atom is 0.269 e. The van der Waals surface area contributed by atoms with Crippen molar-refractivity contribution in [2.75, 3.05) is 26.2 Å². The summed E-state index contributed by atoms with van der Waals surface area (Å²) in [6, 6.07) is 6.21. The van der Waals surface area contributed by atoms with Crippen molar-refractivity contribution in [1.29, 1.82) is 0 Å². The van der Waals surface area contributed by atoms with Crippen LogP contribution in [0.25, 0.3) is 0 Å². The minimum absolute atomic E-state index is 0.0860. The van der Waals surface area contributed by atoms with E-state index < -0.39 is 4.92 Å². The first kappa shape index (κ1) is 16.7. The fraction of sp³-hybridized carbons (Fsp3) is 0.625. The van der Waals surface area contributed by atoms with Gasteiger partial charge < -0.3 is 9.47 Å². The number of benzene rings is 1. The van der Waals surface area contributed by atoms with E-state index in [1.54, 1.807) is 12.1 Å². The Morgan fingerprint density at radius 1 is 1.23 bits per heavy atom. The monoisotopic (exact) mass is 308 g/mol. The second-order valence-electron chi connectivity index (χ2n) is 5.82. The summed E-state index contributed by atoms with van der Waals surface area (Å²) in [7, 11) is 0. The number of unbranched alkanes of at least 4 members (excludes halogenated alkanes) is 1. The van der Waals surface area contributed by atoms with Crippen LogP contribution in [-0.4, -0.2) is 48.3 Å². The van der Waals surface area contributed by atoms with Gasteiger partial charge in [0.15, 0.2) is 0 Å². The van der Waals surface area contributed by atoms with Gasteiger partial charge in [-0.1, -0.05) is 0 Å². The predicted molar refractivity (Wildman–Crippen MR) is 84.3 cm³/mol. The highest BCUT2D eigenvalue weighted by atomic mass is 16.6. The Morgan fingerprint density at radius 3 is 2.45 bits per heavy atom. The van der Waals surface area contributed by atoms with Gasteiger partial charge in [0.1, 0.15) is 5.75 Å². The summed E-state index contributed by atoms with van der Waals surface area (Å²) in [6.07, 6.45) is 2.66. The predicted octanol–water partition coefficient (Wildman–Crippen LogP) is 2.86. The largest absolute Gasteiger partial charge is 0.494 e. The molecular weight excluding hydrogens is 284 g/mol. The topological polar surface area (TPSA) is 64.8 Å². The van der Waals surface area contributed by atoms with E-state index in [9.17, 15) is 10.1 Å². The number of hydrogen-bond acceptors (Lipinski definition) is 5. The van der Waals surface area contributed by atoms with Crippen LogP contribution in [0.1, 0.15) is 26.7 Å². The Labute approximate surface area is 131 Å². The van der Waals surface area contributed by atoms with Crippen LogP contribution < -0.4 is 4.74 Å². The molecule has 1 heterocycles. The molecule has 6 heteroatoms. The molecule has 0 N–H and O–H groups in total. The molecule has 0 amide bonds. The summed E-state index contributed by atoms with van der Waals surface area (Å²) >= 11 is 0. The molecule has 122 valence electrons. The van der Waals surface area contributed by atoms with Gasteiger partial charge in [-0.25, -0.2) is 0 Å². The highest BCUT2D eigenvalue weighted by molar-refractivity contribution is 5.35. The lowest BCUT2D eigenvalue weighted by molar-refractivity contribution is -0.384. The number of nitrogens with zero attached hydrogens (tertiary/aromatic N) is 2. The van der Waals surface area contributed by atoms with Crippen molar-refractivity contribution < 1.29 is 14.4 Å². The molecule has 0 spiro atoms. The number of nitro benzene ring substituents is 1. The molecule has 1 fully saturated rings. The molecule has 0 radical (unpaired) electrons. The van der Waals surface area contributed by atoms with E-state index in [0.29, 0.717) is 24.6 Å². The van der Waals surface area contributed by atoms with E-state index in [1.807, 2.05) is 0 Å². The van der Waals surface area contributed by atoms with Gasteiger partial charge in [-0.2, -0.15) is 0 Å². The Morgan fingerprint density at radius 2 is 1.86 bits per heavy atom. The third kappa shape index (κ3) is 5.27. The van der Waals surface area contributed by atoms with Gasteiger partial charge in [0.05, 0.1) is 23.7 Å². The first-order valence-electron chi connectivity index (χ1n) is 7.79. The quantitative estimate of drug-likeness (QED) is 0.440. The zero-order valence-corrected chi connectivity index (χ0v) is 13.2. The average molecular weight is 308 g/mol. The van der Waals surface area contributed by atoms with Crippen molar-refractivity contribution >= 4 is 5.69 Å². The van der Waals surface area contributed by atoms with Crippen LogP contribution in [0.2, 0.25) is 0 Å². The third-order valence-electron chi connectivity index (χ3n) is 3.68. The van der Waals surface area contributed by atoms with Crippen LogP contribution in [-0.2, 0) is 4.74 Å². The Hall–Kier alpha value is -1.66. The number of non-ortho nitro benzene ring substituents is 1. The van der Waals surface area contributed by atoms with Crippen LogP contribution in [0.5, 0.6) is 5.75 Å². The molecule has 1 aliphatic heterocycles. The van der Waals surface area contributed by atoms with Gasteiger partial charge in [0, 0.05) is 25.2 Å². The molecule has 1 saturated heterocycles. The molecule has 2 rings (SSSR count). The maximum atomic E-state index is 10.6. The van der Waals surface area contributed by atoms with Crippen molar-refractivity contribution in [2.45, 2.75) is 38.9 Å². The van der Waals surface area contributed by atoms with E-state index in [0.717, 1.165) is 32.5 Å². The Balaban J connectivity index is 1.62. The lowest BCUT2D eigenvalue weighted by Gasteiger charge is -2.35. The van der Waals surface area contributed by atoms with E-state index >= 15 is 0 Å². The summed E-state index contributed by atoms with van der Waals surface area (Å²) in [4.78, 5) is 12.6. The molecule has 1 aromatic rings. The Kier molecular flexibility index (Phi) is 6.15. The van der Waals surface area contributed by atoms with E-state index in [2.05, 4.69) is 18.7 Å². The summed E-state index contributed by atoms with van der Waals surface area (Å²) in [6.45, 7) is 7.90. The number of nitro groups is 1. The number of rotatable bonds is 7. The fourth-order valence-corrected chi connectivity index (χ4v) is 2.76. The third-order valence-corrected chi connectivity index (χ3v) is 3.68. The fourth-order valence-electron chi connectivity index (χ4n) is 2.76. The van der Waals surface area contributed by atoms with Crippen LogP contribution in [0.15, 0.2) is 24.3 Å². The Bertz CT molecular complexity index is 468. The lowest BCUT2D eigenvalue weighted by atomic mass is 10.2. The van der Waals surface area contributed by atoms with Gasteiger partial charge in [-0.3, -0.25) is 15.0 Å². The van der Waals surface area contributed by atoms with Gasteiger partial charge in [0.2, 0.25) is 0 Å². The van der Waals surface area contributed by atoms with Crippen molar-refractivity contribution in [3.8, 4) is 5.75 Å². The molecule has 0 saturated carbocycles. The normalized spacial score (nSPS) is 22.5. The van der Waals surface area contributed by atoms with Gasteiger partial charge in [0.25, 0.3) is 5.69 Å². The number of morpholine rings is 1. The van der Waals surface area contributed by atoms with Crippen LogP contribution in [0, 0.1) is 10.1 Å². The van der Waals surface area contributed by atoms with Crippen molar-refractivity contribution in [2.24, 2.45) is 0 Å². The smallest absolute Gasteiger partial charge is 0.269 e. The minimum atomic E-state index is -0.409. The maximum absolute atomic E-state index is 10.6. The molecule has 2 atom stereocenters. The van der Waals surface area contributed by atoms with Crippen LogP contribution >= 0.6 is 0 Å². The summed E-state index contributed by atoms with van der Waals surface area (Å²) in [5, 5.41) is 10.6. The molecular formula is C16H24N2O4. The molecule has 0 unspecified atom stereocenters. The summed E-state index contributed by atoms with van der Waals surface area (Å²) in [5.74, 6) is 0.680. The number of hydrogen-bond donors (Lipinski definition) is 0. The first-order chi connectivity index (χ1) is 10.5. The SMILES string of the molecule is C[C@@H]1CN(CCCCOc2ccc([N+](=O)[O-])cc2)C[C@H](C)O1. The second-order valence-corrected chi connectivity index (χ2v) is 5.82. The first-order valence-corrected chi connectivity index (χ1v) is 7.79. The molecule has 1 aliphatic rings. The molecule has 0 aliphatic carbocycles. The second kappa shape index (κ2) is 8.10. The van der Waals surface area contributed by atoms with E-state index in [4.69, 9.17) is 9.47 Å². The highest BCUT2D eigenvalue weighted by Crippen LogP contribution is 2.17.